The summed E-state index contributed by atoms with van der Waals surface area (Å²) in [7, 11) is -4.21. The van der Waals surface area contributed by atoms with Crippen molar-refractivity contribution in [1.82, 2.24) is 60.5 Å². The third-order valence-corrected chi connectivity index (χ3v) is 21.3. The summed E-state index contributed by atoms with van der Waals surface area (Å²) in [6.07, 6.45) is -6.92. The zero-order valence-electron chi connectivity index (χ0n) is 60.7. The predicted octanol–water partition coefficient (Wildman–Crippen LogP) is 17.6. The molecule has 1 atom stereocenters. The van der Waals surface area contributed by atoms with Crippen LogP contribution in [0.5, 0.6) is 0 Å². The fraction of sp³-hybridized carbons (Fsp3) is 0.333. The van der Waals surface area contributed by atoms with Gasteiger partial charge in [-0.25, -0.2) is 47.6 Å². The molecule has 2 aliphatic carbocycles. The monoisotopic (exact) mass is 1660 g/mol. The number of aromatic nitrogens is 12. The van der Waals surface area contributed by atoms with Crippen LogP contribution in [0.2, 0.25) is 0 Å². The first kappa shape index (κ1) is 80.5. The van der Waals surface area contributed by atoms with Gasteiger partial charge in [0.05, 0.1) is 57.0 Å². The second-order valence-electron chi connectivity index (χ2n) is 27.5. The van der Waals surface area contributed by atoms with Crippen LogP contribution >= 0.6 is 43.1 Å². The van der Waals surface area contributed by atoms with Crippen molar-refractivity contribution in [1.29, 1.82) is 0 Å². The Bertz CT molecular complexity index is 5160. The molecule has 0 spiro atoms. The van der Waals surface area contributed by atoms with Gasteiger partial charge >= 0.3 is 20.2 Å². The summed E-state index contributed by atoms with van der Waals surface area (Å²) in [6.45, 7) is 9.29. The number of aromatic amines is 3. The molecule has 608 valence electrons. The number of aryl methyl sites for hydroxylation is 3. The number of nitrogens with zero attached hydrogens (tertiary/aromatic N) is 12. The Morgan fingerprint density at radius 1 is 0.558 bits per heavy atom. The highest BCUT2D eigenvalue weighted by molar-refractivity contribution is 7.99. The minimum atomic E-state index is -4.67. The summed E-state index contributed by atoms with van der Waals surface area (Å²) < 4.78 is 141. The zero-order chi connectivity index (χ0) is 80.2. The number of rotatable bonds is 26. The van der Waals surface area contributed by atoms with Gasteiger partial charge in [-0.1, -0.05) is 12.1 Å². The molecule has 10 aromatic rings. The summed E-state index contributed by atoms with van der Waals surface area (Å²) in [4.78, 5) is 80.9. The van der Waals surface area contributed by atoms with Crippen molar-refractivity contribution >= 4 is 130 Å². The van der Waals surface area contributed by atoms with Crippen molar-refractivity contribution in [2.45, 2.75) is 126 Å². The summed E-state index contributed by atoms with van der Waals surface area (Å²) in [5.41, 5.74) is 0.361. The normalized spacial score (nSPS) is 16.5. The number of phosphoric ester groups is 1. The number of hydrogen-bond acceptors (Lipinski definition) is 24. The van der Waals surface area contributed by atoms with E-state index in [-0.39, 0.29) is 58.3 Å². The largest absolute Gasteiger partial charge is 0.472 e. The van der Waals surface area contributed by atoms with Gasteiger partial charge < -0.3 is 51.5 Å². The minimum Gasteiger partial charge on any atom is -0.350 e. The number of hydrogen-bond donors (Lipinski definition) is 10. The van der Waals surface area contributed by atoms with Gasteiger partial charge in [0.25, 0.3) is 11.8 Å². The van der Waals surface area contributed by atoms with Crippen LogP contribution in [0.1, 0.15) is 88.9 Å². The van der Waals surface area contributed by atoms with Crippen LogP contribution < -0.4 is 46.6 Å². The van der Waals surface area contributed by atoms with Crippen LogP contribution in [0.25, 0.3) is 0 Å². The summed E-state index contributed by atoms with van der Waals surface area (Å²) in [5.74, 6) is 0.259. The van der Waals surface area contributed by atoms with E-state index >= 15 is 0 Å². The topological polar surface area (TPSA) is 352 Å². The fourth-order valence-electron chi connectivity index (χ4n) is 11.9. The molecule has 9 heterocycles. The quantitative estimate of drug-likeness (QED) is 0.0137. The number of amides is 3. The fourth-order valence-corrected chi connectivity index (χ4v) is 15.2. The van der Waals surface area contributed by atoms with Crippen molar-refractivity contribution in [3.63, 3.8) is 0 Å². The number of nitrogens with one attached hydrogen (secondary N) is 9. The van der Waals surface area contributed by atoms with E-state index in [1.807, 2.05) is 67.0 Å². The molecule has 41 heteroatoms. The average Bonchev–Trinajstić information content (AvgIpc) is 1.11. The molecule has 0 bridgehead atoms. The van der Waals surface area contributed by atoms with Gasteiger partial charge in [0.2, 0.25) is 11.8 Å². The van der Waals surface area contributed by atoms with Crippen molar-refractivity contribution in [2.24, 2.45) is 11.8 Å². The standard InChI is InChI=1S/C28H29F3N7O5PS.C24H26FN7OS.C20H18F5N7OS.7H2/c1-4-42-44(40,41)43-27(3)15-38(16-27)24-14-22(33-23-13-17(2)36-37-23)34-26(35-24)45-19-11-9-18(10-12-19)32-25(39)20-7-5-6-8-21(20)28(29,30)31;1-14-10-20(31-30-14)27-19-11-21(32-12-24(25,13-32)16-4-5-16)29-23(28-19)34-18-8-6-17(7-9-18)26-22(33)15-2-3-15;1-11-6-15(31-30-11)27-14-7-16(32-9-19(21,22)10-32)29-18(28-14)34-13-4-2-12(3-5-13)26-17(33)8-20(23,24)25;;;;;;;/h5-14H,4,15-16H2,1-3H3,(H,32,39)(H,40,41)(H2,33,34,35,36,37);6-11,15-16H,2-5,12-13H2,1H3,(H,26,33)(H2,27,28,29,30,31);2-7H,8-10H2,1H3,(H,26,33)(H2,27,28,29,30,31);7*1H. The summed E-state index contributed by atoms with van der Waals surface area (Å²) >= 11 is 3.76. The van der Waals surface area contributed by atoms with Crippen LogP contribution in [0.4, 0.5) is 109 Å². The van der Waals surface area contributed by atoms with Crippen LogP contribution in [0.15, 0.2) is 164 Å². The molecule has 3 amide bonds. The molecule has 3 aliphatic heterocycles. The van der Waals surface area contributed by atoms with E-state index in [1.54, 1.807) is 74.5 Å². The molecule has 3 saturated heterocycles. The van der Waals surface area contributed by atoms with E-state index in [4.69, 9.17) is 14.0 Å². The second-order valence-corrected chi connectivity index (χ2v) is 32.0. The molecular weight excluding hydrogens is 1570 g/mol. The van der Waals surface area contributed by atoms with Crippen molar-refractivity contribution < 1.29 is 82.4 Å². The van der Waals surface area contributed by atoms with E-state index in [0.717, 1.165) is 77.2 Å². The first-order valence-corrected chi connectivity index (χ1v) is 39.1. The number of phosphoric acid groups is 1. The molecule has 2 saturated carbocycles. The molecule has 10 N–H and O–H groups in total. The van der Waals surface area contributed by atoms with Crippen LogP contribution in [0.3, 0.4) is 0 Å². The lowest BCUT2D eigenvalue weighted by Crippen LogP contribution is -2.61. The Morgan fingerprint density at radius 3 is 1.35 bits per heavy atom. The number of benzene rings is 4. The third-order valence-electron chi connectivity index (χ3n) is 17.5. The predicted molar refractivity (Wildman–Crippen MR) is 422 cm³/mol. The lowest BCUT2D eigenvalue weighted by atomic mass is 9.91. The highest BCUT2D eigenvalue weighted by Gasteiger charge is 2.55. The molecule has 28 nitrogen and oxygen atoms in total. The Kier molecular flexibility index (Phi) is 23.7. The van der Waals surface area contributed by atoms with Gasteiger partial charge in [-0.05, 0) is 186 Å². The van der Waals surface area contributed by atoms with Crippen molar-refractivity contribution in [3.8, 4) is 0 Å². The second kappa shape index (κ2) is 33.3. The number of halogens is 9. The van der Waals surface area contributed by atoms with Gasteiger partial charge in [-0.3, -0.25) is 38.7 Å². The highest BCUT2D eigenvalue weighted by atomic mass is 32.2. The van der Waals surface area contributed by atoms with Crippen molar-refractivity contribution in [3.05, 3.63) is 162 Å². The van der Waals surface area contributed by atoms with E-state index in [9.17, 15) is 63.4 Å². The van der Waals surface area contributed by atoms with E-state index < -0.39 is 79.8 Å². The molecule has 113 heavy (non-hydrogen) atoms. The molecule has 4 aromatic carbocycles. The molecule has 6 aromatic heterocycles. The van der Waals surface area contributed by atoms with Gasteiger partial charge in [-0.2, -0.15) is 41.6 Å². The van der Waals surface area contributed by atoms with E-state index in [2.05, 4.69) is 87.4 Å². The first-order chi connectivity index (χ1) is 53.6. The summed E-state index contributed by atoms with van der Waals surface area (Å²) in [6, 6.07) is 35.3. The third kappa shape index (κ3) is 22.2. The lowest BCUT2D eigenvalue weighted by Gasteiger charge is -2.48. The molecule has 5 aliphatic rings. The molecule has 1 unspecified atom stereocenters. The maximum Gasteiger partial charge on any atom is 0.472 e. The van der Waals surface area contributed by atoms with Crippen LogP contribution in [-0.2, 0) is 29.4 Å². The maximum atomic E-state index is 15.0. The number of carbonyl (C=O) groups excluding carboxylic acids is 3. The summed E-state index contributed by atoms with van der Waals surface area (Å²) in [5, 5.41) is 39.2. The molecule has 5 fully saturated rings. The Labute approximate surface area is 662 Å². The molecular formula is C72H87F9N21O7PS3. The number of carbonyl (C=O) groups is 3. The molecule has 0 radical (unpaired) electrons. The average molecular weight is 1660 g/mol. The molecule has 15 rings (SSSR count). The van der Waals surface area contributed by atoms with Crippen LogP contribution in [-0.4, -0.2) is 152 Å². The number of alkyl halides is 9. The van der Waals surface area contributed by atoms with Gasteiger partial charge in [-0.15, -0.1) is 0 Å². The number of anilines is 12. The first-order valence-electron chi connectivity index (χ1n) is 35.1. The van der Waals surface area contributed by atoms with Crippen LogP contribution in [0, 0.1) is 32.6 Å². The Morgan fingerprint density at radius 2 is 0.965 bits per heavy atom. The maximum absolute atomic E-state index is 15.0. The SMILES string of the molecule is CCOP(=O)(O)OC1(C)CN(c2cc(Nc3cc(C)[nH]n3)nc(Sc3ccc(NC(=O)c4ccccc4C(F)(F)F)cc3)n2)C1.Cc1cc(Nc2cc(N3CC(F)(C4CC4)C3)nc(Sc3ccc(NC(=O)C4CC4)cc3)n2)n[nH]1.Cc1cc(Nc2cc(N3CC(F)(F)C3)nc(Sc3ccc(NC(=O)CC(F)(F)F)cc3)n2)n[nH]1.[HH].[HH].[HH].[HH].[HH].[HH].[HH]. The van der Waals surface area contributed by atoms with Gasteiger partial charge in [0.1, 0.15) is 52.6 Å². The lowest BCUT2D eigenvalue weighted by molar-refractivity contribution is -0.150. The number of H-pyrrole nitrogens is 3. The smallest absolute Gasteiger partial charge is 0.350 e. The van der Waals surface area contributed by atoms with E-state index in [0.29, 0.717) is 91.2 Å². The van der Waals surface area contributed by atoms with Gasteiger partial charge in [0, 0.05) is 101 Å². The zero-order valence-corrected chi connectivity index (χ0v) is 64.0. The minimum absolute atomic E-state index is 0. The van der Waals surface area contributed by atoms with Gasteiger partial charge in [0.15, 0.2) is 32.9 Å². The Balaban J connectivity index is 0.000000274. The Hall–Kier alpha value is -10.5. The van der Waals surface area contributed by atoms with Crippen molar-refractivity contribution in [2.75, 3.05) is 92.5 Å². The van der Waals surface area contributed by atoms with E-state index in [1.165, 1.54) is 52.7 Å². The highest BCUT2D eigenvalue weighted by Crippen LogP contribution is 2.51.